The molecule has 0 aliphatic carbocycles. The second-order valence-electron chi connectivity index (χ2n) is 8.96. The molecule has 0 bridgehead atoms. The minimum absolute atomic E-state index is 1.25. The highest BCUT2D eigenvalue weighted by atomic mass is 14.1. The fraction of sp³-hybridized carbons (Fsp3) is 0. The quantitative estimate of drug-likeness (QED) is 0.239. The van der Waals surface area contributed by atoms with Crippen molar-refractivity contribution < 1.29 is 0 Å². The zero-order chi connectivity index (χ0) is 22.5. The molecule has 0 aliphatic rings. The molecule has 34 heavy (non-hydrogen) atoms. The maximum Gasteiger partial charge on any atom is -0.00990 e. The molecule has 0 heteroatoms. The van der Waals surface area contributed by atoms with E-state index in [1.807, 2.05) is 0 Å². The van der Waals surface area contributed by atoms with E-state index in [1.54, 1.807) is 0 Å². The molecule has 0 saturated heterocycles. The summed E-state index contributed by atoms with van der Waals surface area (Å²) in [7, 11) is 0. The highest BCUT2D eigenvalue weighted by Crippen LogP contribution is 2.38. The summed E-state index contributed by atoms with van der Waals surface area (Å²) in [6.07, 6.45) is 0. The van der Waals surface area contributed by atoms with Crippen LogP contribution >= 0.6 is 0 Å². The predicted molar refractivity (Wildman–Crippen MR) is 147 cm³/mol. The molecule has 7 rings (SSSR count). The standard InChI is InChI=1S/C34H22/c1-3-11-27-25(9-1)21-33(31-15-7-5-13-29(27)31)23-17-19-24(20-18-23)34-22-26-10-2-4-12-28(26)30-14-6-8-16-32(30)34/h1-22H. The Morgan fingerprint density at radius 2 is 0.588 bits per heavy atom. The van der Waals surface area contributed by atoms with Crippen LogP contribution in [0.5, 0.6) is 0 Å². The number of fused-ring (bicyclic) bond motifs is 6. The van der Waals surface area contributed by atoms with E-state index in [9.17, 15) is 0 Å². The van der Waals surface area contributed by atoms with Crippen LogP contribution in [0.1, 0.15) is 0 Å². The third kappa shape index (κ3) is 2.93. The molecule has 0 atom stereocenters. The van der Waals surface area contributed by atoms with E-state index in [2.05, 4.69) is 133 Å². The summed E-state index contributed by atoms with van der Waals surface area (Å²) in [5.74, 6) is 0. The lowest BCUT2D eigenvalue weighted by molar-refractivity contribution is 1.64. The molecule has 0 fully saturated rings. The Labute approximate surface area is 198 Å². The molecular formula is C34H22. The summed E-state index contributed by atoms with van der Waals surface area (Å²) in [4.78, 5) is 0. The predicted octanol–water partition coefficient (Wildman–Crippen LogP) is 9.63. The Hall–Kier alpha value is -4.42. The molecule has 0 N–H and O–H groups in total. The average Bonchev–Trinajstić information content (AvgIpc) is 2.92. The number of hydrogen-bond acceptors (Lipinski definition) is 0. The van der Waals surface area contributed by atoms with Crippen LogP contribution in [-0.4, -0.2) is 0 Å². The summed E-state index contributed by atoms with van der Waals surface area (Å²) in [6, 6.07) is 48.6. The van der Waals surface area contributed by atoms with Crippen LogP contribution < -0.4 is 0 Å². The first-order valence-corrected chi connectivity index (χ1v) is 11.8. The lowest BCUT2D eigenvalue weighted by atomic mass is 9.90. The second kappa shape index (κ2) is 7.57. The zero-order valence-corrected chi connectivity index (χ0v) is 18.7. The van der Waals surface area contributed by atoms with Crippen molar-refractivity contribution >= 4 is 43.1 Å². The van der Waals surface area contributed by atoms with Gasteiger partial charge < -0.3 is 0 Å². The highest BCUT2D eigenvalue weighted by Gasteiger charge is 2.11. The first kappa shape index (κ1) is 19.1. The lowest BCUT2D eigenvalue weighted by Gasteiger charge is -2.13. The second-order valence-corrected chi connectivity index (χ2v) is 8.96. The maximum atomic E-state index is 2.33. The van der Waals surface area contributed by atoms with E-state index in [0.717, 1.165) is 0 Å². The lowest BCUT2D eigenvalue weighted by Crippen LogP contribution is -1.87. The van der Waals surface area contributed by atoms with Crippen LogP contribution in [0.4, 0.5) is 0 Å². The van der Waals surface area contributed by atoms with Gasteiger partial charge in [-0.3, -0.25) is 0 Å². The zero-order valence-electron chi connectivity index (χ0n) is 18.7. The molecule has 0 spiro atoms. The minimum Gasteiger partial charge on any atom is -0.0616 e. The topological polar surface area (TPSA) is 0 Å². The Bertz CT molecular complexity index is 1700. The molecule has 0 amide bonds. The molecule has 0 unspecified atom stereocenters. The van der Waals surface area contributed by atoms with Crippen molar-refractivity contribution in [3.8, 4) is 22.3 Å². The van der Waals surface area contributed by atoms with Gasteiger partial charge in [-0.15, -0.1) is 0 Å². The van der Waals surface area contributed by atoms with Crippen LogP contribution in [0.25, 0.3) is 65.3 Å². The molecule has 0 heterocycles. The van der Waals surface area contributed by atoms with Gasteiger partial charge in [0, 0.05) is 0 Å². The first-order valence-electron chi connectivity index (χ1n) is 11.8. The molecule has 158 valence electrons. The largest absolute Gasteiger partial charge is 0.0616 e. The van der Waals surface area contributed by atoms with E-state index in [4.69, 9.17) is 0 Å². The summed E-state index contributed by atoms with van der Waals surface area (Å²) in [5, 5.41) is 10.4. The van der Waals surface area contributed by atoms with Gasteiger partial charge in [-0.2, -0.15) is 0 Å². The number of rotatable bonds is 2. The Balaban J connectivity index is 1.43. The van der Waals surface area contributed by atoms with Crippen molar-refractivity contribution in [2.24, 2.45) is 0 Å². The molecule has 0 aromatic heterocycles. The van der Waals surface area contributed by atoms with E-state index >= 15 is 0 Å². The maximum absolute atomic E-state index is 2.33. The van der Waals surface area contributed by atoms with Crippen LogP contribution in [0.3, 0.4) is 0 Å². The Morgan fingerprint density at radius 3 is 1.00 bits per heavy atom. The van der Waals surface area contributed by atoms with Crippen molar-refractivity contribution in [3.05, 3.63) is 133 Å². The Kier molecular flexibility index (Phi) is 4.25. The Morgan fingerprint density at radius 1 is 0.265 bits per heavy atom. The molecule has 0 saturated carbocycles. The van der Waals surface area contributed by atoms with Crippen molar-refractivity contribution in [3.63, 3.8) is 0 Å². The molecule has 7 aromatic carbocycles. The summed E-state index contributed by atoms with van der Waals surface area (Å²) >= 11 is 0. The summed E-state index contributed by atoms with van der Waals surface area (Å²) in [6.45, 7) is 0. The van der Waals surface area contributed by atoms with Crippen LogP contribution in [0.15, 0.2) is 133 Å². The van der Waals surface area contributed by atoms with Crippen LogP contribution in [-0.2, 0) is 0 Å². The van der Waals surface area contributed by atoms with E-state index in [0.29, 0.717) is 0 Å². The third-order valence-corrected chi connectivity index (χ3v) is 7.04. The number of benzene rings is 7. The van der Waals surface area contributed by atoms with Gasteiger partial charge in [-0.1, -0.05) is 121 Å². The normalized spacial score (nSPS) is 11.5. The van der Waals surface area contributed by atoms with Gasteiger partial charge in [0.05, 0.1) is 0 Å². The van der Waals surface area contributed by atoms with Crippen molar-refractivity contribution in [2.75, 3.05) is 0 Å². The van der Waals surface area contributed by atoms with Crippen molar-refractivity contribution in [1.82, 2.24) is 0 Å². The van der Waals surface area contributed by atoms with Gasteiger partial charge in [0.2, 0.25) is 0 Å². The highest BCUT2D eigenvalue weighted by molar-refractivity contribution is 6.15. The van der Waals surface area contributed by atoms with Crippen molar-refractivity contribution in [2.45, 2.75) is 0 Å². The fourth-order valence-corrected chi connectivity index (χ4v) is 5.42. The molecule has 0 aliphatic heterocycles. The van der Waals surface area contributed by atoms with Crippen molar-refractivity contribution in [1.29, 1.82) is 0 Å². The third-order valence-electron chi connectivity index (χ3n) is 7.04. The SMILES string of the molecule is c1ccc2c(c1)cc(-c1ccc(-c3cc4ccccc4c4ccccc34)cc1)c1ccccc12. The van der Waals surface area contributed by atoms with E-state index in [-0.39, 0.29) is 0 Å². The van der Waals surface area contributed by atoms with Crippen LogP contribution in [0.2, 0.25) is 0 Å². The minimum atomic E-state index is 1.25. The van der Waals surface area contributed by atoms with E-state index < -0.39 is 0 Å². The molecule has 0 nitrogen and oxygen atoms in total. The van der Waals surface area contributed by atoms with Gasteiger partial charge in [-0.25, -0.2) is 0 Å². The fourth-order valence-electron chi connectivity index (χ4n) is 5.42. The first-order chi connectivity index (χ1) is 16.9. The van der Waals surface area contributed by atoms with Gasteiger partial charge in [0.25, 0.3) is 0 Å². The monoisotopic (exact) mass is 430 g/mol. The van der Waals surface area contributed by atoms with Gasteiger partial charge >= 0.3 is 0 Å². The summed E-state index contributed by atoms with van der Waals surface area (Å²) in [5.41, 5.74) is 5.06. The van der Waals surface area contributed by atoms with E-state index in [1.165, 1.54) is 65.3 Å². The smallest absolute Gasteiger partial charge is 0.00990 e. The molecular weight excluding hydrogens is 408 g/mol. The van der Waals surface area contributed by atoms with Gasteiger partial charge in [0.15, 0.2) is 0 Å². The van der Waals surface area contributed by atoms with Crippen LogP contribution in [0, 0.1) is 0 Å². The molecule has 7 aromatic rings. The summed E-state index contributed by atoms with van der Waals surface area (Å²) < 4.78 is 0. The molecule has 0 radical (unpaired) electrons. The van der Waals surface area contributed by atoms with Gasteiger partial charge in [-0.05, 0) is 77.5 Å². The van der Waals surface area contributed by atoms with Gasteiger partial charge in [0.1, 0.15) is 0 Å². The average molecular weight is 431 g/mol. The number of hydrogen-bond donors (Lipinski definition) is 0.